The van der Waals surface area contributed by atoms with Crippen molar-refractivity contribution in [1.29, 1.82) is 0 Å². The molecule has 1 N–H and O–H groups in total. The van der Waals surface area contributed by atoms with E-state index >= 15 is 0 Å². The maximum Gasteiger partial charge on any atom is 0.282 e. The van der Waals surface area contributed by atoms with Gasteiger partial charge >= 0.3 is 0 Å². The highest BCUT2D eigenvalue weighted by Crippen LogP contribution is 2.34. The standard InChI is InChI=1S/C14H22N4O3S/c1-11(19)16-10-13-9-12(6-7-15-13)14-5-4-8-18(14)22(20,21)17(2)3/h6-7,9,14H,4-5,8,10H2,1-3H3,(H,16,19)/t14-/m1/s1. The fraction of sp³-hybridized carbons (Fsp3) is 0.571. The van der Waals surface area contributed by atoms with Gasteiger partial charge in [0.2, 0.25) is 5.91 Å². The summed E-state index contributed by atoms with van der Waals surface area (Å²) in [6, 6.07) is 3.53. The summed E-state index contributed by atoms with van der Waals surface area (Å²) in [7, 11) is -0.354. The second-order valence-corrected chi connectivity index (χ2v) is 7.64. The predicted molar refractivity (Wildman–Crippen MR) is 83.0 cm³/mol. The van der Waals surface area contributed by atoms with Crippen LogP contribution in [0.15, 0.2) is 18.3 Å². The van der Waals surface area contributed by atoms with Crippen LogP contribution in [0.5, 0.6) is 0 Å². The molecule has 1 aliphatic rings. The summed E-state index contributed by atoms with van der Waals surface area (Å²) >= 11 is 0. The molecule has 0 aliphatic carbocycles. The molecule has 1 aliphatic heterocycles. The SMILES string of the molecule is CC(=O)NCc1cc([C@H]2CCCN2S(=O)(=O)N(C)C)ccn1. The fourth-order valence-electron chi connectivity index (χ4n) is 2.57. The number of hydrogen-bond acceptors (Lipinski definition) is 4. The topological polar surface area (TPSA) is 82.6 Å². The summed E-state index contributed by atoms with van der Waals surface area (Å²) in [5, 5.41) is 2.70. The van der Waals surface area contributed by atoms with Crippen molar-refractivity contribution in [3.05, 3.63) is 29.6 Å². The normalized spacial score (nSPS) is 19.5. The Balaban J connectivity index is 2.23. The second kappa shape index (κ2) is 6.72. The Hall–Kier alpha value is -1.51. The highest BCUT2D eigenvalue weighted by molar-refractivity contribution is 7.86. The molecule has 1 saturated heterocycles. The van der Waals surface area contributed by atoms with Crippen molar-refractivity contribution in [3.63, 3.8) is 0 Å². The number of nitrogens with zero attached hydrogens (tertiary/aromatic N) is 3. The van der Waals surface area contributed by atoms with Crippen LogP contribution in [0.25, 0.3) is 0 Å². The molecule has 2 heterocycles. The average molecular weight is 326 g/mol. The van der Waals surface area contributed by atoms with Gasteiger partial charge in [-0.05, 0) is 30.5 Å². The molecule has 0 saturated carbocycles. The molecule has 122 valence electrons. The zero-order valence-electron chi connectivity index (χ0n) is 13.1. The minimum atomic E-state index is -3.44. The summed E-state index contributed by atoms with van der Waals surface area (Å²) in [4.78, 5) is 15.2. The molecule has 22 heavy (non-hydrogen) atoms. The lowest BCUT2D eigenvalue weighted by Gasteiger charge is -2.27. The van der Waals surface area contributed by atoms with E-state index in [-0.39, 0.29) is 11.9 Å². The Bertz CT molecular complexity index is 645. The van der Waals surface area contributed by atoms with Crippen LogP contribution in [0.1, 0.15) is 37.1 Å². The Morgan fingerprint density at radius 3 is 2.86 bits per heavy atom. The quantitative estimate of drug-likeness (QED) is 0.862. The van der Waals surface area contributed by atoms with Crippen molar-refractivity contribution in [2.75, 3.05) is 20.6 Å². The molecule has 1 atom stereocenters. The van der Waals surface area contributed by atoms with Gasteiger partial charge in [-0.1, -0.05) is 0 Å². The molecule has 1 aromatic heterocycles. The third-order valence-electron chi connectivity index (χ3n) is 3.71. The largest absolute Gasteiger partial charge is 0.351 e. The monoisotopic (exact) mass is 326 g/mol. The molecule has 0 unspecified atom stereocenters. The van der Waals surface area contributed by atoms with Crippen molar-refractivity contribution >= 4 is 16.1 Å². The first-order valence-electron chi connectivity index (χ1n) is 7.21. The van der Waals surface area contributed by atoms with Gasteiger partial charge in [-0.2, -0.15) is 17.0 Å². The van der Waals surface area contributed by atoms with Gasteiger partial charge in [0.25, 0.3) is 10.2 Å². The molecular weight excluding hydrogens is 304 g/mol. The van der Waals surface area contributed by atoms with E-state index in [0.29, 0.717) is 13.1 Å². The number of rotatable bonds is 5. The molecule has 0 aromatic carbocycles. The van der Waals surface area contributed by atoms with Crippen molar-refractivity contribution in [2.24, 2.45) is 0 Å². The van der Waals surface area contributed by atoms with Gasteiger partial charge in [0, 0.05) is 33.8 Å². The molecule has 1 aromatic rings. The smallest absolute Gasteiger partial charge is 0.282 e. The lowest BCUT2D eigenvalue weighted by molar-refractivity contribution is -0.119. The zero-order valence-corrected chi connectivity index (χ0v) is 13.9. The van der Waals surface area contributed by atoms with E-state index in [1.807, 2.05) is 12.1 Å². The Labute approximate surface area is 131 Å². The predicted octanol–water partition coefficient (Wildman–Crippen LogP) is 0.661. The van der Waals surface area contributed by atoms with Gasteiger partial charge in [0.15, 0.2) is 0 Å². The number of carbonyl (C=O) groups excluding carboxylic acids is 1. The molecular formula is C14H22N4O3S. The molecule has 1 amide bonds. The fourth-order valence-corrected chi connectivity index (χ4v) is 3.90. The number of aromatic nitrogens is 1. The van der Waals surface area contributed by atoms with E-state index in [1.54, 1.807) is 20.3 Å². The second-order valence-electron chi connectivity index (χ2n) is 5.55. The Kier molecular flexibility index (Phi) is 5.15. The lowest BCUT2D eigenvalue weighted by Crippen LogP contribution is -2.39. The van der Waals surface area contributed by atoms with E-state index < -0.39 is 10.2 Å². The van der Waals surface area contributed by atoms with Gasteiger partial charge in [-0.25, -0.2) is 0 Å². The number of amides is 1. The Morgan fingerprint density at radius 2 is 2.23 bits per heavy atom. The van der Waals surface area contributed by atoms with Crippen molar-refractivity contribution in [2.45, 2.75) is 32.4 Å². The van der Waals surface area contributed by atoms with Crippen molar-refractivity contribution in [1.82, 2.24) is 18.9 Å². The van der Waals surface area contributed by atoms with Crippen LogP contribution in [0.2, 0.25) is 0 Å². The van der Waals surface area contributed by atoms with Gasteiger partial charge in [0.05, 0.1) is 18.3 Å². The average Bonchev–Trinajstić information content (AvgIpc) is 2.95. The lowest BCUT2D eigenvalue weighted by atomic mass is 10.1. The first kappa shape index (κ1) is 16.9. The highest BCUT2D eigenvalue weighted by Gasteiger charge is 2.36. The minimum absolute atomic E-state index is 0.120. The molecule has 2 rings (SSSR count). The first-order chi connectivity index (χ1) is 10.3. The van der Waals surface area contributed by atoms with Crippen molar-refractivity contribution < 1.29 is 13.2 Å². The van der Waals surface area contributed by atoms with Gasteiger partial charge in [0.1, 0.15) is 0 Å². The molecule has 7 nitrogen and oxygen atoms in total. The number of pyridine rings is 1. The van der Waals surface area contributed by atoms with E-state index in [0.717, 1.165) is 24.1 Å². The van der Waals surface area contributed by atoms with Crippen LogP contribution in [-0.2, 0) is 21.5 Å². The number of nitrogens with one attached hydrogen (secondary N) is 1. The van der Waals surface area contributed by atoms with E-state index in [2.05, 4.69) is 10.3 Å². The maximum absolute atomic E-state index is 12.4. The number of hydrogen-bond donors (Lipinski definition) is 1. The molecule has 1 fully saturated rings. The van der Waals surface area contributed by atoms with E-state index in [4.69, 9.17) is 0 Å². The van der Waals surface area contributed by atoms with Crippen LogP contribution in [0.4, 0.5) is 0 Å². The van der Waals surface area contributed by atoms with Crippen LogP contribution >= 0.6 is 0 Å². The third kappa shape index (κ3) is 3.63. The first-order valence-corrected chi connectivity index (χ1v) is 8.60. The minimum Gasteiger partial charge on any atom is -0.351 e. The van der Waals surface area contributed by atoms with Gasteiger partial charge in [-0.15, -0.1) is 0 Å². The summed E-state index contributed by atoms with van der Waals surface area (Å²) < 4.78 is 27.6. The van der Waals surface area contributed by atoms with Crippen LogP contribution in [0, 0.1) is 0 Å². The summed E-state index contributed by atoms with van der Waals surface area (Å²) in [6.45, 7) is 2.32. The van der Waals surface area contributed by atoms with Gasteiger partial charge < -0.3 is 5.32 Å². The Morgan fingerprint density at radius 1 is 1.50 bits per heavy atom. The maximum atomic E-state index is 12.4. The molecule has 8 heteroatoms. The third-order valence-corrected chi connectivity index (χ3v) is 5.66. The highest BCUT2D eigenvalue weighted by atomic mass is 32.2. The molecule has 0 bridgehead atoms. The zero-order chi connectivity index (χ0) is 16.3. The van der Waals surface area contributed by atoms with Crippen LogP contribution in [-0.4, -0.2) is 48.6 Å². The van der Waals surface area contributed by atoms with Crippen molar-refractivity contribution in [3.8, 4) is 0 Å². The number of carbonyl (C=O) groups is 1. The summed E-state index contributed by atoms with van der Waals surface area (Å²) in [5.41, 5.74) is 1.64. The molecule has 0 spiro atoms. The van der Waals surface area contributed by atoms with Crippen LogP contribution < -0.4 is 5.32 Å². The molecule has 0 radical (unpaired) electrons. The van der Waals surface area contributed by atoms with Crippen LogP contribution in [0.3, 0.4) is 0 Å². The van der Waals surface area contributed by atoms with Gasteiger partial charge in [-0.3, -0.25) is 9.78 Å². The summed E-state index contributed by atoms with van der Waals surface area (Å²) in [5.74, 6) is -0.120. The van der Waals surface area contributed by atoms with E-state index in [1.165, 1.54) is 15.5 Å². The summed E-state index contributed by atoms with van der Waals surface area (Å²) in [6.07, 6.45) is 3.28. The van der Waals surface area contributed by atoms with E-state index in [9.17, 15) is 13.2 Å².